The first-order valence-electron chi connectivity index (χ1n) is 9.85. The lowest BCUT2D eigenvalue weighted by Crippen LogP contribution is -2.41. The third kappa shape index (κ3) is 4.39. The van der Waals surface area contributed by atoms with Crippen LogP contribution >= 0.6 is 11.3 Å². The Morgan fingerprint density at radius 2 is 1.79 bits per heavy atom. The van der Waals surface area contributed by atoms with E-state index in [1.165, 1.54) is 40.5 Å². The molecular weight excluding hydrogens is 412 g/mol. The number of amides is 2. The van der Waals surface area contributed by atoms with Crippen molar-refractivity contribution in [3.63, 3.8) is 0 Å². The predicted octanol–water partition coefficient (Wildman–Crippen LogP) is 2.20. The van der Waals surface area contributed by atoms with E-state index in [9.17, 15) is 18.0 Å². The normalized spacial score (nSPS) is 17.0. The van der Waals surface area contributed by atoms with E-state index in [1.807, 2.05) is 6.07 Å². The van der Waals surface area contributed by atoms with Crippen LogP contribution in [-0.2, 0) is 22.9 Å². The van der Waals surface area contributed by atoms with Gasteiger partial charge < -0.3 is 9.88 Å². The summed E-state index contributed by atoms with van der Waals surface area (Å²) in [6.07, 6.45) is 8.52. The van der Waals surface area contributed by atoms with Crippen LogP contribution < -0.4 is 10.3 Å². The Balaban J connectivity index is 1.40. The minimum absolute atomic E-state index is 0.0951. The maximum Gasteiger partial charge on any atom is 0.276 e. The first-order valence-corrected chi connectivity index (χ1v) is 12.2. The molecule has 0 unspecified atom stereocenters. The number of hydrazine groups is 1. The Hall–Kier alpha value is -2.17. The first-order chi connectivity index (χ1) is 13.9. The van der Waals surface area contributed by atoms with Gasteiger partial charge in [-0.2, -0.15) is 0 Å². The molecule has 1 fully saturated rings. The van der Waals surface area contributed by atoms with Crippen molar-refractivity contribution in [3.05, 3.63) is 39.3 Å². The largest absolute Gasteiger partial charge is 0.356 e. The second-order valence-corrected chi connectivity index (χ2v) is 10.2. The Bertz CT molecular complexity index is 995. The maximum atomic E-state index is 12.5. The standard InChI is InChI=1S/C19H24N4O4S2/c24-18(17-10-13-6-2-1-3-7-16(13)28-17)21-22-29(26,27)14-11-15(20-12-14)19(25)23-8-4-5-9-23/h10-12,20,22H,1-9H2,(H,21,24). The lowest BCUT2D eigenvalue weighted by atomic mass is 10.1. The molecular formula is C19H24N4O4S2. The Labute approximate surface area is 173 Å². The number of carbonyl (C=O) groups is 2. The van der Waals surface area contributed by atoms with Gasteiger partial charge in [0, 0.05) is 24.2 Å². The summed E-state index contributed by atoms with van der Waals surface area (Å²) in [6.45, 7) is 1.36. The lowest BCUT2D eigenvalue weighted by Gasteiger charge is -2.13. The van der Waals surface area contributed by atoms with Crippen molar-refractivity contribution in [2.75, 3.05) is 13.1 Å². The summed E-state index contributed by atoms with van der Waals surface area (Å²) in [5.41, 5.74) is 3.69. The molecule has 10 heteroatoms. The molecule has 2 aromatic rings. The molecule has 1 saturated heterocycles. The van der Waals surface area contributed by atoms with Crippen molar-refractivity contribution < 1.29 is 18.0 Å². The highest BCUT2D eigenvalue weighted by Crippen LogP contribution is 2.28. The van der Waals surface area contributed by atoms with Gasteiger partial charge in [0.2, 0.25) is 0 Å². The molecule has 0 saturated carbocycles. The fourth-order valence-electron chi connectivity index (χ4n) is 3.76. The summed E-state index contributed by atoms with van der Waals surface area (Å²) in [7, 11) is -3.99. The Kier molecular flexibility index (Phi) is 5.75. The molecule has 3 N–H and O–H groups in total. The van der Waals surface area contributed by atoms with Gasteiger partial charge in [0.25, 0.3) is 21.8 Å². The summed E-state index contributed by atoms with van der Waals surface area (Å²) in [4.78, 5) is 32.9. The average molecular weight is 437 g/mol. The fraction of sp³-hybridized carbons (Fsp3) is 0.474. The molecule has 0 radical (unpaired) electrons. The average Bonchev–Trinajstić information content (AvgIpc) is 3.45. The van der Waals surface area contributed by atoms with Crippen molar-refractivity contribution in [1.29, 1.82) is 0 Å². The molecule has 156 valence electrons. The zero-order chi connectivity index (χ0) is 20.4. The zero-order valence-corrected chi connectivity index (χ0v) is 17.6. The number of H-pyrrole nitrogens is 1. The molecule has 0 aromatic carbocycles. The number of hydrogen-bond acceptors (Lipinski definition) is 5. The van der Waals surface area contributed by atoms with Crippen LogP contribution in [0.15, 0.2) is 23.2 Å². The van der Waals surface area contributed by atoms with E-state index in [-0.39, 0.29) is 16.5 Å². The van der Waals surface area contributed by atoms with Gasteiger partial charge >= 0.3 is 0 Å². The highest BCUT2D eigenvalue weighted by Gasteiger charge is 2.24. The first kappa shape index (κ1) is 20.1. The number of fused-ring (bicyclic) bond motifs is 1. The van der Waals surface area contributed by atoms with Gasteiger partial charge in [-0.1, -0.05) is 6.42 Å². The summed E-state index contributed by atoms with van der Waals surface area (Å²) in [5.74, 6) is -0.691. The van der Waals surface area contributed by atoms with Crippen LogP contribution in [-0.4, -0.2) is 43.2 Å². The summed E-state index contributed by atoms with van der Waals surface area (Å²) >= 11 is 1.42. The molecule has 0 atom stereocenters. The van der Waals surface area contributed by atoms with Crippen molar-refractivity contribution >= 4 is 33.2 Å². The van der Waals surface area contributed by atoms with Crippen LogP contribution in [0, 0.1) is 0 Å². The number of aromatic nitrogens is 1. The molecule has 8 nitrogen and oxygen atoms in total. The van der Waals surface area contributed by atoms with Gasteiger partial charge in [0.15, 0.2) is 0 Å². The number of aryl methyl sites for hydroxylation is 2. The molecule has 2 aromatic heterocycles. The third-order valence-electron chi connectivity index (χ3n) is 5.36. The number of nitrogens with one attached hydrogen (secondary N) is 3. The Morgan fingerprint density at radius 1 is 1.03 bits per heavy atom. The number of likely N-dealkylation sites (tertiary alicyclic amines) is 1. The van der Waals surface area contributed by atoms with Crippen LogP contribution in [0.2, 0.25) is 0 Å². The minimum atomic E-state index is -3.99. The van der Waals surface area contributed by atoms with Crippen LogP contribution in [0.1, 0.15) is 62.7 Å². The van der Waals surface area contributed by atoms with Crippen molar-refractivity contribution in [3.8, 4) is 0 Å². The van der Waals surface area contributed by atoms with Crippen molar-refractivity contribution in [2.24, 2.45) is 0 Å². The lowest BCUT2D eigenvalue weighted by molar-refractivity contribution is 0.0787. The van der Waals surface area contributed by atoms with Gasteiger partial charge in [-0.05, 0) is 56.2 Å². The van der Waals surface area contributed by atoms with E-state index >= 15 is 0 Å². The minimum Gasteiger partial charge on any atom is -0.356 e. The number of hydrogen-bond donors (Lipinski definition) is 3. The summed E-state index contributed by atoms with van der Waals surface area (Å²) in [5, 5.41) is 0. The van der Waals surface area contributed by atoms with E-state index in [1.54, 1.807) is 4.90 Å². The SMILES string of the molecule is O=C(NNS(=O)(=O)c1c[nH]c(C(=O)N2CCCC2)c1)c1cc2c(s1)CCCCC2. The van der Waals surface area contributed by atoms with Crippen molar-refractivity contribution in [1.82, 2.24) is 20.1 Å². The number of thiophene rings is 1. The molecule has 1 aliphatic carbocycles. The molecule has 2 aliphatic rings. The fourth-order valence-corrected chi connectivity index (χ4v) is 5.74. The van der Waals surface area contributed by atoms with Gasteiger partial charge in [-0.15, -0.1) is 16.2 Å². The highest BCUT2D eigenvalue weighted by molar-refractivity contribution is 7.89. The molecule has 0 spiro atoms. The van der Waals surface area contributed by atoms with E-state index in [0.717, 1.165) is 38.5 Å². The van der Waals surface area contributed by atoms with Gasteiger partial charge in [0.1, 0.15) is 10.6 Å². The van der Waals surface area contributed by atoms with Gasteiger partial charge in [-0.3, -0.25) is 15.0 Å². The highest BCUT2D eigenvalue weighted by atomic mass is 32.2. The maximum absolute atomic E-state index is 12.5. The number of nitrogens with zero attached hydrogens (tertiary/aromatic N) is 1. The van der Waals surface area contributed by atoms with Crippen LogP contribution in [0.4, 0.5) is 0 Å². The molecule has 2 amide bonds. The summed E-state index contributed by atoms with van der Waals surface area (Å²) in [6, 6.07) is 3.15. The monoisotopic (exact) mass is 436 g/mol. The number of sulfonamides is 1. The van der Waals surface area contributed by atoms with Gasteiger partial charge in [0.05, 0.1) is 4.88 Å². The summed E-state index contributed by atoms with van der Waals surface area (Å²) < 4.78 is 25.0. The van der Waals surface area contributed by atoms with Crippen LogP contribution in [0.3, 0.4) is 0 Å². The zero-order valence-electron chi connectivity index (χ0n) is 16.0. The number of carbonyl (C=O) groups excluding carboxylic acids is 2. The van der Waals surface area contributed by atoms with E-state index < -0.39 is 15.9 Å². The second-order valence-electron chi connectivity index (χ2n) is 7.43. The quantitative estimate of drug-likeness (QED) is 0.493. The topological polar surface area (TPSA) is 111 Å². The molecule has 4 rings (SSSR count). The van der Waals surface area contributed by atoms with E-state index in [0.29, 0.717) is 18.0 Å². The molecule has 29 heavy (non-hydrogen) atoms. The molecule has 1 aliphatic heterocycles. The molecule has 0 bridgehead atoms. The van der Waals surface area contributed by atoms with Gasteiger partial charge in [-0.25, -0.2) is 8.42 Å². The predicted molar refractivity (Wildman–Crippen MR) is 109 cm³/mol. The smallest absolute Gasteiger partial charge is 0.276 e. The van der Waals surface area contributed by atoms with Crippen LogP contribution in [0.25, 0.3) is 0 Å². The second kappa shape index (κ2) is 8.29. The Morgan fingerprint density at radius 3 is 2.59 bits per heavy atom. The third-order valence-corrected chi connectivity index (χ3v) is 7.82. The van der Waals surface area contributed by atoms with E-state index in [2.05, 4.69) is 15.2 Å². The van der Waals surface area contributed by atoms with E-state index in [4.69, 9.17) is 0 Å². The van der Waals surface area contributed by atoms with Crippen LogP contribution in [0.5, 0.6) is 0 Å². The van der Waals surface area contributed by atoms with Crippen molar-refractivity contribution in [2.45, 2.75) is 49.8 Å². The molecule has 3 heterocycles. The number of aromatic amines is 1. The number of rotatable bonds is 5.